The lowest BCUT2D eigenvalue weighted by Crippen LogP contribution is -2.36. The second-order valence-corrected chi connectivity index (χ2v) is 4.84. The lowest BCUT2D eigenvalue weighted by molar-refractivity contribution is 0.0942. The van der Waals surface area contributed by atoms with Crippen LogP contribution < -0.4 is 10.9 Å². The van der Waals surface area contributed by atoms with Crippen molar-refractivity contribution < 1.29 is 9.90 Å². The average molecular weight is 267 g/mol. The van der Waals surface area contributed by atoms with E-state index < -0.39 is 5.56 Å². The topological polar surface area (TPSA) is 84.2 Å². The number of rotatable bonds is 5. The molecule has 1 aromatic rings. The molecule has 0 spiro atoms. The van der Waals surface area contributed by atoms with Crippen LogP contribution in [-0.2, 0) is 7.05 Å². The summed E-state index contributed by atoms with van der Waals surface area (Å²) < 4.78 is 1.17. The molecule has 106 valence electrons. The summed E-state index contributed by atoms with van der Waals surface area (Å²) in [6, 6.07) is 0. The molecular formula is C13H21N3O3. The zero-order valence-corrected chi connectivity index (χ0v) is 11.9. The van der Waals surface area contributed by atoms with E-state index in [1.54, 1.807) is 13.8 Å². The molecule has 0 saturated heterocycles. The van der Waals surface area contributed by atoms with Gasteiger partial charge in [-0.2, -0.15) is 5.10 Å². The normalized spacial score (nSPS) is 12.3. The van der Waals surface area contributed by atoms with Crippen LogP contribution in [0.25, 0.3) is 0 Å². The van der Waals surface area contributed by atoms with Gasteiger partial charge in [0.2, 0.25) is 0 Å². The van der Waals surface area contributed by atoms with E-state index in [9.17, 15) is 9.59 Å². The minimum atomic E-state index is -0.393. The third kappa shape index (κ3) is 3.64. The number of aryl methyl sites for hydroxylation is 2. The van der Waals surface area contributed by atoms with E-state index in [2.05, 4.69) is 10.4 Å². The molecule has 0 fully saturated rings. The molecule has 0 aliphatic heterocycles. The first-order chi connectivity index (χ1) is 8.88. The molecule has 0 radical (unpaired) electrons. The van der Waals surface area contributed by atoms with Crippen molar-refractivity contribution in [2.75, 3.05) is 13.2 Å². The van der Waals surface area contributed by atoms with Crippen molar-refractivity contribution in [3.8, 4) is 0 Å². The Morgan fingerprint density at radius 3 is 2.68 bits per heavy atom. The van der Waals surface area contributed by atoms with Gasteiger partial charge in [-0.15, -0.1) is 0 Å². The maximum atomic E-state index is 12.1. The predicted molar refractivity (Wildman–Crippen MR) is 72.2 cm³/mol. The number of hydrogen-bond donors (Lipinski definition) is 2. The van der Waals surface area contributed by atoms with Gasteiger partial charge in [-0.05, 0) is 31.7 Å². The smallest absolute Gasteiger partial charge is 0.279 e. The number of amides is 1. The van der Waals surface area contributed by atoms with Crippen LogP contribution >= 0.6 is 0 Å². The Morgan fingerprint density at radius 1 is 1.47 bits per heavy atom. The summed E-state index contributed by atoms with van der Waals surface area (Å²) in [7, 11) is 1.53. The number of carbonyl (C=O) groups is 1. The quantitative estimate of drug-likeness (QED) is 0.795. The lowest BCUT2D eigenvalue weighted by Gasteiger charge is -2.13. The fraction of sp³-hybridized carbons (Fsp3) is 0.615. The molecular weight excluding hydrogens is 246 g/mol. The maximum Gasteiger partial charge on any atom is 0.279 e. The highest BCUT2D eigenvalue weighted by molar-refractivity contribution is 5.95. The zero-order chi connectivity index (χ0) is 14.6. The Hall–Kier alpha value is -1.69. The summed E-state index contributed by atoms with van der Waals surface area (Å²) in [5, 5.41) is 15.6. The van der Waals surface area contributed by atoms with Gasteiger partial charge in [-0.1, -0.05) is 6.92 Å². The average Bonchev–Trinajstić information content (AvgIpc) is 2.35. The van der Waals surface area contributed by atoms with Gasteiger partial charge in [0.15, 0.2) is 0 Å². The Kier molecular flexibility index (Phi) is 5.23. The monoisotopic (exact) mass is 267 g/mol. The molecule has 1 aromatic heterocycles. The SMILES string of the molecule is Cc1nn(C)c(=O)c(C(=O)NCC(C)CCO)c1C. The molecule has 1 unspecified atom stereocenters. The van der Waals surface area contributed by atoms with Gasteiger partial charge < -0.3 is 10.4 Å². The van der Waals surface area contributed by atoms with Crippen molar-refractivity contribution in [2.45, 2.75) is 27.2 Å². The number of nitrogens with zero attached hydrogens (tertiary/aromatic N) is 2. The highest BCUT2D eigenvalue weighted by Gasteiger charge is 2.18. The number of carbonyl (C=O) groups excluding carboxylic acids is 1. The zero-order valence-electron chi connectivity index (χ0n) is 11.9. The van der Waals surface area contributed by atoms with Crippen LogP contribution in [0.2, 0.25) is 0 Å². The number of hydrogen-bond acceptors (Lipinski definition) is 4. The molecule has 2 N–H and O–H groups in total. The second kappa shape index (κ2) is 6.47. The summed E-state index contributed by atoms with van der Waals surface area (Å²) >= 11 is 0. The first-order valence-corrected chi connectivity index (χ1v) is 6.32. The molecule has 1 heterocycles. The summed E-state index contributed by atoms with van der Waals surface area (Å²) in [5.74, 6) is -0.213. The van der Waals surface area contributed by atoms with Crippen LogP contribution in [-0.4, -0.2) is 33.9 Å². The van der Waals surface area contributed by atoms with Crippen LogP contribution in [0, 0.1) is 19.8 Å². The van der Waals surface area contributed by atoms with Crippen molar-refractivity contribution in [2.24, 2.45) is 13.0 Å². The molecule has 0 aliphatic carbocycles. The number of nitrogens with one attached hydrogen (secondary N) is 1. The Balaban J connectivity index is 2.92. The standard InChI is InChI=1S/C13H21N3O3/c1-8(5-6-17)7-14-12(18)11-9(2)10(3)15-16(4)13(11)19/h8,17H,5-7H2,1-4H3,(H,14,18). The van der Waals surface area contributed by atoms with E-state index in [-0.39, 0.29) is 24.0 Å². The molecule has 1 amide bonds. The first-order valence-electron chi connectivity index (χ1n) is 6.32. The second-order valence-electron chi connectivity index (χ2n) is 4.84. The fourth-order valence-electron chi connectivity index (χ4n) is 1.79. The van der Waals surface area contributed by atoms with Crippen LogP contribution in [0.15, 0.2) is 4.79 Å². The highest BCUT2D eigenvalue weighted by atomic mass is 16.3. The summed E-state index contributed by atoms with van der Waals surface area (Å²) in [6.45, 7) is 5.94. The van der Waals surface area contributed by atoms with Crippen LogP contribution in [0.4, 0.5) is 0 Å². The largest absolute Gasteiger partial charge is 0.396 e. The number of aromatic nitrogens is 2. The first kappa shape index (κ1) is 15.4. The molecule has 6 heteroatoms. The van der Waals surface area contributed by atoms with Crippen molar-refractivity contribution >= 4 is 5.91 Å². The van der Waals surface area contributed by atoms with Crippen LogP contribution in [0.1, 0.15) is 35.0 Å². The summed E-state index contributed by atoms with van der Waals surface area (Å²) in [6.07, 6.45) is 0.618. The third-order valence-electron chi connectivity index (χ3n) is 3.19. The van der Waals surface area contributed by atoms with E-state index in [0.717, 1.165) is 0 Å². The summed E-state index contributed by atoms with van der Waals surface area (Å²) in [5.41, 5.74) is 1.02. The molecule has 0 saturated carbocycles. The molecule has 0 aromatic carbocycles. The van der Waals surface area contributed by atoms with E-state index in [1.807, 2.05) is 6.92 Å². The van der Waals surface area contributed by atoms with E-state index >= 15 is 0 Å². The van der Waals surface area contributed by atoms with Gasteiger partial charge >= 0.3 is 0 Å². The van der Waals surface area contributed by atoms with E-state index in [4.69, 9.17) is 5.11 Å². The molecule has 1 atom stereocenters. The maximum absolute atomic E-state index is 12.1. The fourth-order valence-corrected chi connectivity index (χ4v) is 1.79. The van der Waals surface area contributed by atoms with Gasteiger partial charge in [0.05, 0.1) is 5.69 Å². The van der Waals surface area contributed by atoms with Crippen molar-refractivity contribution in [1.29, 1.82) is 0 Å². The van der Waals surface area contributed by atoms with Crippen molar-refractivity contribution in [3.63, 3.8) is 0 Å². The number of aliphatic hydroxyl groups is 1. The predicted octanol–water partition coefficient (Wildman–Crippen LogP) is 0.145. The van der Waals surface area contributed by atoms with Gasteiger partial charge in [0.1, 0.15) is 5.56 Å². The van der Waals surface area contributed by atoms with Gasteiger partial charge in [-0.25, -0.2) is 4.68 Å². The lowest BCUT2D eigenvalue weighted by atomic mass is 10.1. The van der Waals surface area contributed by atoms with Crippen LogP contribution in [0.5, 0.6) is 0 Å². The van der Waals surface area contributed by atoms with Crippen molar-refractivity contribution in [3.05, 3.63) is 27.2 Å². The minimum Gasteiger partial charge on any atom is -0.396 e. The third-order valence-corrected chi connectivity index (χ3v) is 3.19. The molecule has 1 rings (SSSR count). The Labute approximate surface area is 112 Å². The highest BCUT2D eigenvalue weighted by Crippen LogP contribution is 2.06. The van der Waals surface area contributed by atoms with Gasteiger partial charge in [0.25, 0.3) is 11.5 Å². The summed E-state index contributed by atoms with van der Waals surface area (Å²) in [4.78, 5) is 24.0. The van der Waals surface area contributed by atoms with Gasteiger partial charge in [0, 0.05) is 20.2 Å². The van der Waals surface area contributed by atoms with Gasteiger partial charge in [-0.3, -0.25) is 9.59 Å². The molecule has 0 bridgehead atoms. The van der Waals surface area contributed by atoms with E-state index in [0.29, 0.717) is 24.2 Å². The number of aliphatic hydroxyl groups excluding tert-OH is 1. The van der Waals surface area contributed by atoms with E-state index in [1.165, 1.54) is 11.7 Å². The van der Waals surface area contributed by atoms with Crippen molar-refractivity contribution in [1.82, 2.24) is 15.1 Å². The molecule has 0 aliphatic rings. The minimum absolute atomic E-state index is 0.0895. The Morgan fingerprint density at radius 2 is 2.11 bits per heavy atom. The molecule has 19 heavy (non-hydrogen) atoms. The van der Waals surface area contributed by atoms with Crippen LogP contribution in [0.3, 0.4) is 0 Å². The molecule has 6 nitrogen and oxygen atoms in total. The Bertz CT molecular complexity index is 523.